The second kappa shape index (κ2) is 5.16. The summed E-state index contributed by atoms with van der Waals surface area (Å²) in [6.45, 7) is 4.43. The van der Waals surface area contributed by atoms with Gasteiger partial charge in [-0.15, -0.1) is 0 Å². The average molecular weight is 270 g/mol. The van der Waals surface area contributed by atoms with Crippen molar-refractivity contribution in [2.24, 2.45) is 0 Å². The van der Waals surface area contributed by atoms with E-state index in [9.17, 15) is 4.79 Å². The summed E-state index contributed by atoms with van der Waals surface area (Å²) in [5.74, 6) is 1.36. The summed E-state index contributed by atoms with van der Waals surface area (Å²) < 4.78 is 10.8. The van der Waals surface area contributed by atoms with Crippen molar-refractivity contribution in [2.45, 2.75) is 19.8 Å². The van der Waals surface area contributed by atoms with Crippen LogP contribution in [0.25, 0.3) is 0 Å². The van der Waals surface area contributed by atoms with Gasteiger partial charge in [-0.1, -0.05) is 25.4 Å². The number of ketones is 1. The first-order valence-corrected chi connectivity index (χ1v) is 6.23. The third kappa shape index (κ3) is 2.18. The summed E-state index contributed by atoms with van der Waals surface area (Å²) in [5.41, 5.74) is 1.36. The van der Waals surface area contributed by atoms with Gasteiger partial charge >= 0.3 is 0 Å². The standard InChI is InChI=1S/C13H16ClNO3/c1-7(2)11-12(9(16)5-15-3)8(14)4-10-13(11)18-6-17-10/h4,7,15H,5-6H2,1-3H3. The van der Waals surface area contributed by atoms with Gasteiger partial charge in [-0.2, -0.15) is 0 Å². The number of fused-ring (bicyclic) bond motifs is 1. The smallest absolute Gasteiger partial charge is 0.231 e. The van der Waals surface area contributed by atoms with Crippen LogP contribution in [0.5, 0.6) is 11.5 Å². The molecule has 1 heterocycles. The minimum Gasteiger partial charge on any atom is -0.454 e. The molecule has 0 bridgehead atoms. The van der Waals surface area contributed by atoms with Gasteiger partial charge in [0.2, 0.25) is 6.79 Å². The van der Waals surface area contributed by atoms with Crippen molar-refractivity contribution in [1.82, 2.24) is 5.32 Å². The Morgan fingerprint density at radius 2 is 2.22 bits per heavy atom. The van der Waals surface area contributed by atoms with Crippen LogP contribution in [0.4, 0.5) is 0 Å². The van der Waals surface area contributed by atoms with Crippen molar-refractivity contribution in [3.05, 3.63) is 22.2 Å². The van der Waals surface area contributed by atoms with E-state index in [4.69, 9.17) is 21.1 Å². The van der Waals surface area contributed by atoms with Gasteiger partial charge in [0.05, 0.1) is 11.6 Å². The highest BCUT2D eigenvalue weighted by Gasteiger charge is 2.28. The van der Waals surface area contributed by atoms with Crippen molar-refractivity contribution in [3.63, 3.8) is 0 Å². The molecule has 18 heavy (non-hydrogen) atoms. The van der Waals surface area contributed by atoms with Crippen LogP contribution in [0.1, 0.15) is 35.7 Å². The van der Waals surface area contributed by atoms with Crippen molar-refractivity contribution >= 4 is 17.4 Å². The minimum atomic E-state index is -0.0375. The molecule has 1 aromatic rings. The molecule has 0 atom stereocenters. The molecule has 0 spiro atoms. The molecular formula is C13H16ClNO3. The van der Waals surface area contributed by atoms with Crippen LogP contribution in [-0.4, -0.2) is 26.2 Å². The highest BCUT2D eigenvalue weighted by Crippen LogP contribution is 2.44. The van der Waals surface area contributed by atoms with Gasteiger partial charge in [-0.3, -0.25) is 4.79 Å². The number of rotatable bonds is 4. The fourth-order valence-electron chi connectivity index (χ4n) is 2.12. The number of hydrogen-bond acceptors (Lipinski definition) is 4. The lowest BCUT2D eigenvalue weighted by molar-refractivity contribution is 0.0992. The zero-order chi connectivity index (χ0) is 13.3. The third-order valence-electron chi connectivity index (χ3n) is 2.85. The molecule has 0 fully saturated rings. The molecule has 0 saturated heterocycles. The Morgan fingerprint density at radius 3 is 2.83 bits per heavy atom. The number of halogens is 1. The Balaban J connectivity index is 2.60. The number of hydrogen-bond donors (Lipinski definition) is 1. The van der Waals surface area contributed by atoms with Crippen LogP contribution in [0, 0.1) is 0 Å². The maximum absolute atomic E-state index is 12.1. The van der Waals surface area contributed by atoms with Crippen molar-refractivity contribution in [2.75, 3.05) is 20.4 Å². The van der Waals surface area contributed by atoms with Crippen molar-refractivity contribution in [3.8, 4) is 11.5 Å². The second-order valence-corrected chi connectivity index (χ2v) is 4.90. The van der Waals surface area contributed by atoms with E-state index in [1.165, 1.54) is 0 Å². The summed E-state index contributed by atoms with van der Waals surface area (Å²) in [6, 6.07) is 1.65. The Labute approximate surface area is 111 Å². The van der Waals surface area contributed by atoms with Crippen LogP contribution in [-0.2, 0) is 0 Å². The fraction of sp³-hybridized carbons (Fsp3) is 0.462. The zero-order valence-electron chi connectivity index (χ0n) is 10.7. The van der Waals surface area contributed by atoms with Gasteiger partial charge < -0.3 is 14.8 Å². The number of nitrogens with one attached hydrogen (secondary N) is 1. The van der Waals surface area contributed by atoms with Gasteiger partial charge in [-0.05, 0) is 13.0 Å². The minimum absolute atomic E-state index is 0.0375. The molecule has 1 N–H and O–H groups in total. The normalized spacial score (nSPS) is 13.2. The highest BCUT2D eigenvalue weighted by molar-refractivity contribution is 6.34. The molecule has 4 nitrogen and oxygen atoms in total. The molecule has 98 valence electrons. The van der Waals surface area contributed by atoms with E-state index < -0.39 is 0 Å². The molecule has 2 rings (SSSR count). The van der Waals surface area contributed by atoms with Gasteiger partial charge in [0.15, 0.2) is 17.3 Å². The first-order valence-electron chi connectivity index (χ1n) is 5.86. The van der Waals surface area contributed by atoms with E-state index in [1.807, 2.05) is 13.8 Å². The Hall–Kier alpha value is -1.26. The zero-order valence-corrected chi connectivity index (χ0v) is 11.4. The Morgan fingerprint density at radius 1 is 1.50 bits per heavy atom. The van der Waals surface area contributed by atoms with Crippen LogP contribution in [0.2, 0.25) is 5.02 Å². The largest absolute Gasteiger partial charge is 0.454 e. The second-order valence-electron chi connectivity index (χ2n) is 4.49. The number of carbonyl (C=O) groups excluding carboxylic acids is 1. The number of Topliss-reactive ketones (excluding diaryl/α,β-unsaturated/α-hetero) is 1. The Kier molecular flexibility index (Phi) is 3.78. The van der Waals surface area contributed by atoms with Gasteiger partial charge in [0.1, 0.15) is 0 Å². The number of ether oxygens (including phenoxy) is 2. The van der Waals surface area contributed by atoms with Crippen LogP contribution < -0.4 is 14.8 Å². The van der Waals surface area contributed by atoms with E-state index in [2.05, 4.69) is 5.32 Å². The SMILES string of the molecule is CNCC(=O)c1c(Cl)cc2c(c1C(C)C)OCO2. The highest BCUT2D eigenvalue weighted by atomic mass is 35.5. The first-order chi connectivity index (χ1) is 8.56. The summed E-state index contributed by atoms with van der Waals surface area (Å²) in [5, 5.41) is 3.27. The summed E-state index contributed by atoms with van der Waals surface area (Å²) in [7, 11) is 1.73. The number of carbonyl (C=O) groups is 1. The molecule has 0 aliphatic carbocycles. The predicted octanol–water partition coefficient (Wildman–Crippen LogP) is 2.59. The quantitative estimate of drug-likeness (QED) is 0.854. The topological polar surface area (TPSA) is 47.6 Å². The molecule has 1 aliphatic rings. The lowest BCUT2D eigenvalue weighted by Gasteiger charge is -2.16. The first kappa shape index (κ1) is 13.2. The van der Waals surface area contributed by atoms with Crippen molar-refractivity contribution in [1.29, 1.82) is 0 Å². The molecule has 0 saturated carbocycles. The lowest BCUT2D eigenvalue weighted by Crippen LogP contribution is -2.20. The predicted molar refractivity (Wildman–Crippen MR) is 69.9 cm³/mol. The van der Waals surface area contributed by atoms with Gasteiger partial charge in [0, 0.05) is 17.2 Å². The average Bonchev–Trinajstić information content (AvgIpc) is 2.74. The van der Waals surface area contributed by atoms with E-state index >= 15 is 0 Å². The molecule has 1 aliphatic heterocycles. The number of benzene rings is 1. The summed E-state index contributed by atoms with van der Waals surface area (Å²) in [4.78, 5) is 12.1. The van der Waals surface area contributed by atoms with E-state index in [-0.39, 0.29) is 25.0 Å². The molecule has 1 aromatic carbocycles. The summed E-state index contributed by atoms with van der Waals surface area (Å²) >= 11 is 6.20. The van der Waals surface area contributed by atoms with Gasteiger partial charge in [0.25, 0.3) is 0 Å². The fourth-order valence-corrected chi connectivity index (χ4v) is 2.43. The Bertz CT molecular complexity index is 486. The van der Waals surface area contributed by atoms with Crippen LogP contribution in [0.15, 0.2) is 6.07 Å². The third-order valence-corrected chi connectivity index (χ3v) is 3.14. The number of likely N-dealkylation sites (N-methyl/N-ethyl adjacent to an activating group) is 1. The maximum Gasteiger partial charge on any atom is 0.231 e. The molecule has 0 aromatic heterocycles. The van der Waals surface area contributed by atoms with E-state index in [1.54, 1.807) is 13.1 Å². The summed E-state index contributed by atoms with van der Waals surface area (Å²) in [6.07, 6.45) is 0. The monoisotopic (exact) mass is 269 g/mol. The van der Waals surface area contributed by atoms with Gasteiger partial charge in [-0.25, -0.2) is 0 Å². The van der Waals surface area contributed by atoms with Crippen LogP contribution in [0.3, 0.4) is 0 Å². The molecule has 5 heteroatoms. The molecule has 0 unspecified atom stereocenters. The van der Waals surface area contributed by atoms with Crippen molar-refractivity contribution < 1.29 is 14.3 Å². The molecule has 0 radical (unpaired) electrons. The molecular weight excluding hydrogens is 254 g/mol. The van der Waals surface area contributed by atoms with E-state index in [0.717, 1.165) is 5.56 Å². The van der Waals surface area contributed by atoms with E-state index in [0.29, 0.717) is 22.1 Å². The lowest BCUT2D eigenvalue weighted by atomic mass is 9.93. The maximum atomic E-state index is 12.1. The van der Waals surface area contributed by atoms with Crippen LogP contribution >= 0.6 is 11.6 Å². The molecule has 0 amide bonds.